The molecule has 0 aliphatic carbocycles. The van der Waals surface area contributed by atoms with Crippen molar-refractivity contribution in [3.8, 4) is 0 Å². The van der Waals surface area contributed by atoms with E-state index < -0.39 is 16.1 Å². The summed E-state index contributed by atoms with van der Waals surface area (Å²) in [6.07, 6.45) is 1.38. The van der Waals surface area contributed by atoms with E-state index in [0.717, 1.165) is 6.08 Å². The molecule has 0 aliphatic rings. The number of esters is 1. The monoisotopic (exact) mass is 237 g/mol. The smallest absolute Gasteiger partial charge is 0.330 e. The lowest BCUT2D eigenvalue weighted by atomic mass is 10.5. The quantitative estimate of drug-likeness (QED) is 0.233. The zero-order chi connectivity index (χ0) is 11.7. The largest absolute Gasteiger partial charge is 0.748 e. The molecular weight excluding hydrogens is 222 g/mol. The van der Waals surface area contributed by atoms with Gasteiger partial charge in [-0.05, 0) is 0 Å². The maximum Gasteiger partial charge on any atom is 0.330 e. The number of hydrogen-bond donors (Lipinski definition) is 1. The molecule has 0 rings (SSSR count). The molecule has 0 unspecified atom stereocenters. The van der Waals surface area contributed by atoms with Gasteiger partial charge in [0.15, 0.2) is 0 Å². The van der Waals surface area contributed by atoms with Gasteiger partial charge < -0.3 is 14.6 Å². The Balaban J connectivity index is 3.26. The topological polar surface area (TPSA) is 100 Å². The maximum absolute atomic E-state index is 10.6. The molecule has 0 radical (unpaired) electrons. The van der Waals surface area contributed by atoms with Crippen LogP contribution in [-0.4, -0.2) is 44.4 Å². The third-order valence-electron chi connectivity index (χ3n) is 1.54. The van der Waals surface area contributed by atoms with E-state index in [9.17, 15) is 17.8 Å². The highest BCUT2D eigenvalue weighted by molar-refractivity contribution is 7.85. The van der Waals surface area contributed by atoms with Crippen LogP contribution in [0.3, 0.4) is 0 Å². The highest BCUT2D eigenvalue weighted by Crippen LogP contribution is 1.83. The first-order valence-corrected chi connectivity index (χ1v) is 6.08. The molecule has 7 heteroatoms. The van der Waals surface area contributed by atoms with Crippen LogP contribution in [0.5, 0.6) is 0 Å². The molecule has 0 saturated carbocycles. The molecule has 2 N–H and O–H groups in total. The van der Waals surface area contributed by atoms with Gasteiger partial charge in [-0.3, -0.25) is 0 Å². The number of carbonyl (C=O) groups is 1. The van der Waals surface area contributed by atoms with E-state index in [1.807, 2.05) is 0 Å². The molecule has 0 aromatic heterocycles. The lowest BCUT2D eigenvalue weighted by Gasteiger charge is -2.05. The van der Waals surface area contributed by atoms with Crippen molar-refractivity contribution < 1.29 is 27.8 Å². The highest BCUT2D eigenvalue weighted by Gasteiger charge is 1.98. The molecule has 15 heavy (non-hydrogen) atoms. The summed E-state index contributed by atoms with van der Waals surface area (Å²) >= 11 is 0. The molecule has 0 aliphatic heterocycles. The van der Waals surface area contributed by atoms with Crippen molar-refractivity contribution in [3.63, 3.8) is 0 Å². The minimum absolute atomic E-state index is 0.245. The fraction of sp³-hybridized carbons (Fsp3) is 0.625. The van der Waals surface area contributed by atoms with E-state index in [-0.39, 0.29) is 12.4 Å². The standard InChI is InChI=1S/C8H15NO5S/c1-2-8(10)14-6-5-9-4-3-7-15(11,12)13/h2,9H,1,3-7H2,(H,11,12,13). The van der Waals surface area contributed by atoms with Crippen LogP contribution in [0.15, 0.2) is 12.7 Å². The van der Waals surface area contributed by atoms with Crippen molar-refractivity contribution >= 4 is 16.1 Å². The molecule has 6 nitrogen and oxygen atoms in total. The molecule has 0 bridgehead atoms. The second kappa shape index (κ2) is 7.38. The third kappa shape index (κ3) is 11.0. The van der Waals surface area contributed by atoms with Crippen LogP contribution in [0, 0.1) is 0 Å². The molecule has 0 atom stereocenters. The summed E-state index contributed by atoms with van der Waals surface area (Å²) in [5.74, 6) is -0.832. The first-order valence-electron chi connectivity index (χ1n) is 4.50. The van der Waals surface area contributed by atoms with Crippen LogP contribution in [0.4, 0.5) is 0 Å². The lowest BCUT2D eigenvalue weighted by molar-refractivity contribution is -0.655. The van der Waals surface area contributed by atoms with Crippen molar-refractivity contribution in [1.29, 1.82) is 0 Å². The summed E-state index contributed by atoms with van der Waals surface area (Å²) in [7, 11) is -4.10. The van der Waals surface area contributed by atoms with Crippen molar-refractivity contribution in [2.45, 2.75) is 6.42 Å². The lowest BCUT2D eigenvalue weighted by Crippen LogP contribution is -2.85. The number of ether oxygens (including phenoxy) is 1. The first kappa shape index (κ1) is 14.1. The van der Waals surface area contributed by atoms with Gasteiger partial charge in [-0.2, -0.15) is 0 Å². The molecule has 0 heterocycles. The summed E-state index contributed by atoms with van der Waals surface area (Å²) in [6.45, 7) is 4.54. The van der Waals surface area contributed by atoms with Gasteiger partial charge in [-0.25, -0.2) is 13.2 Å². The van der Waals surface area contributed by atoms with Crippen LogP contribution in [0.2, 0.25) is 0 Å². The zero-order valence-corrected chi connectivity index (χ0v) is 9.16. The Labute approximate surface area is 89.1 Å². The molecular formula is C8H15NO5S. The second-order valence-corrected chi connectivity index (χ2v) is 4.38. The molecule has 0 fully saturated rings. The average Bonchev–Trinajstić information content (AvgIpc) is 2.14. The Bertz CT molecular complexity index is 298. The van der Waals surface area contributed by atoms with Crippen LogP contribution in [0.1, 0.15) is 6.42 Å². The summed E-state index contributed by atoms with van der Waals surface area (Å²) < 4.78 is 35.3. The number of hydrogen-bond acceptors (Lipinski definition) is 5. The zero-order valence-electron chi connectivity index (χ0n) is 8.35. The summed E-state index contributed by atoms with van der Waals surface area (Å²) in [6, 6.07) is 0. The highest BCUT2D eigenvalue weighted by atomic mass is 32.2. The molecule has 0 aromatic rings. The Morgan fingerprint density at radius 2 is 2.13 bits per heavy atom. The number of carbonyl (C=O) groups excluding carboxylic acids is 1. The molecule has 88 valence electrons. The Morgan fingerprint density at radius 3 is 2.67 bits per heavy atom. The minimum atomic E-state index is -4.10. The van der Waals surface area contributed by atoms with Crippen molar-refractivity contribution in [2.75, 3.05) is 25.4 Å². The van der Waals surface area contributed by atoms with E-state index in [4.69, 9.17) is 0 Å². The van der Waals surface area contributed by atoms with Crippen molar-refractivity contribution in [2.24, 2.45) is 0 Å². The van der Waals surface area contributed by atoms with Crippen LogP contribution < -0.4 is 5.32 Å². The molecule has 0 saturated heterocycles. The summed E-state index contributed by atoms with van der Waals surface area (Å²) in [5.41, 5.74) is 0. The Morgan fingerprint density at radius 1 is 1.47 bits per heavy atom. The molecule has 0 aromatic carbocycles. The maximum atomic E-state index is 10.6. The van der Waals surface area contributed by atoms with Crippen molar-refractivity contribution in [3.05, 3.63) is 12.7 Å². The first-order chi connectivity index (χ1) is 6.95. The predicted octanol–water partition coefficient (Wildman–Crippen LogP) is -1.79. The fourth-order valence-electron chi connectivity index (χ4n) is 0.851. The summed E-state index contributed by atoms with van der Waals surface area (Å²) in [4.78, 5) is 10.6. The van der Waals surface area contributed by atoms with Gasteiger partial charge in [0.05, 0.1) is 16.7 Å². The number of nitrogens with two attached hydrogens (primary N) is 1. The normalized spacial score (nSPS) is 11.0. The second-order valence-electron chi connectivity index (χ2n) is 2.85. The van der Waals surface area contributed by atoms with E-state index in [2.05, 4.69) is 11.3 Å². The fourth-order valence-corrected chi connectivity index (χ4v) is 1.37. The van der Waals surface area contributed by atoms with E-state index in [0.29, 0.717) is 19.5 Å². The SMILES string of the molecule is C=CC(=O)OCC[NH2+]CCCS(=O)(=O)[O-]. The van der Waals surface area contributed by atoms with Crippen molar-refractivity contribution in [1.82, 2.24) is 0 Å². The van der Waals surface area contributed by atoms with Crippen LogP contribution in [0.25, 0.3) is 0 Å². The van der Waals surface area contributed by atoms with Gasteiger partial charge in [-0.1, -0.05) is 6.58 Å². The Hall–Kier alpha value is -0.920. The average molecular weight is 237 g/mol. The number of rotatable bonds is 8. The third-order valence-corrected chi connectivity index (χ3v) is 2.32. The van der Waals surface area contributed by atoms with E-state index in [1.54, 1.807) is 5.32 Å². The molecule has 0 amide bonds. The minimum Gasteiger partial charge on any atom is -0.748 e. The van der Waals surface area contributed by atoms with Gasteiger partial charge in [0.1, 0.15) is 13.2 Å². The van der Waals surface area contributed by atoms with E-state index >= 15 is 0 Å². The van der Waals surface area contributed by atoms with Gasteiger partial charge in [-0.15, -0.1) is 0 Å². The Kier molecular flexibility index (Phi) is 6.93. The number of quaternary nitrogens is 1. The summed E-state index contributed by atoms with van der Waals surface area (Å²) in [5, 5.41) is 1.78. The van der Waals surface area contributed by atoms with Gasteiger partial charge >= 0.3 is 5.97 Å². The van der Waals surface area contributed by atoms with Crippen LogP contribution >= 0.6 is 0 Å². The molecule has 0 spiro atoms. The van der Waals surface area contributed by atoms with Gasteiger partial charge in [0.25, 0.3) is 0 Å². The van der Waals surface area contributed by atoms with Gasteiger partial charge in [0.2, 0.25) is 0 Å². The predicted molar refractivity (Wildman–Crippen MR) is 52.0 cm³/mol. The van der Waals surface area contributed by atoms with E-state index in [1.165, 1.54) is 0 Å². The van der Waals surface area contributed by atoms with Crippen LogP contribution in [-0.2, 0) is 19.6 Å². The van der Waals surface area contributed by atoms with Gasteiger partial charge in [0, 0.05) is 18.2 Å².